The third-order valence-corrected chi connectivity index (χ3v) is 16.6. The highest BCUT2D eigenvalue weighted by atomic mass is 16.5. The van der Waals surface area contributed by atoms with Crippen molar-refractivity contribution in [2.45, 2.75) is 271 Å². The van der Waals surface area contributed by atoms with Gasteiger partial charge < -0.3 is 28.9 Å². The third kappa shape index (κ3) is 32.2. The van der Waals surface area contributed by atoms with Crippen LogP contribution in [0, 0.1) is 0 Å². The van der Waals surface area contributed by atoms with Crippen molar-refractivity contribution in [3.8, 4) is 17.2 Å². The summed E-state index contributed by atoms with van der Waals surface area (Å²) in [4.78, 5) is 48.4. The van der Waals surface area contributed by atoms with E-state index in [1.807, 2.05) is 54.6 Å². The first-order valence-corrected chi connectivity index (χ1v) is 34.0. The van der Waals surface area contributed by atoms with E-state index in [4.69, 9.17) is 14.2 Å². The van der Waals surface area contributed by atoms with E-state index in [0.717, 1.165) is 57.8 Å². The molecule has 0 amide bonds. The van der Waals surface area contributed by atoms with E-state index in [-0.39, 0.29) is 16.3 Å². The van der Waals surface area contributed by atoms with Crippen molar-refractivity contribution in [1.29, 1.82) is 0 Å². The van der Waals surface area contributed by atoms with Gasteiger partial charge in [-0.1, -0.05) is 233 Å². The molecule has 456 valence electrons. The van der Waals surface area contributed by atoms with Gasteiger partial charge in [0, 0.05) is 39.3 Å². The van der Waals surface area contributed by atoms with Gasteiger partial charge in [0.2, 0.25) is 16.3 Å². The van der Waals surface area contributed by atoms with Crippen molar-refractivity contribution in [1.82, 2.24) is 0 Å². The lowest BCUT2D eigenvalue weighted by atomic mass is 10.1. The number of anilines is 3. The fraction of sp³-hybridized carbons (Fsp3) is 0.708. The lowest BCUT2D eigenvalue weighted by Gasteiger charge is -2.31. The molecule has 1 aliphatic heterocycles. The van der Waals surface area contributed by atoms with Crippen LogP contribution in [-0.2, 0) is 0 Å². The standard InChI is InChI=1S/C72H117N3O6/c1-4-7-10-13-16-19-22-25-28-31-34-37-61-79-64-43-49-67(70(76)52-46-64)73-55-40-57-74(68-50-44-65(47-53-71(68)77)80-62-38-35-32-29-26-23-20-17-14-11-8-5-2)59-42-60-75(58-41-56-73)69-51-45-66(48-54-72(69)78)81-63-39-36-33-30-27-24-21-18-15-12-9-6-3/h43-54H,4-42,55-63H2,1-3H3. The molecule has 81 heavy (non-hydrogen) atoms. The Balaban J connectivity index is 1.38. The lowest BCUT2D eigenvalue weighted by Crippen LogP contribution is -2.39. The maximum absolute atomic E-state index is 13.9. The molecule has 1 heterocycles. The van der Waals surface area contributed by atoms with Crippen molar-refractivity contribution in [2.75, 3.05) is 73.8 Å². The van der Waals surface area contributed by atoms with Gasteiger partial charge in [0.15, 0.2) is 0 Å². The van der Waals surface area contributed by atoms with Crippen LogP contribution in [0.25, 0.3) is 0 Å². The van der Waals surface area contributed by atoms with Crippen LogP contribution in [0.15, 0.2) is 87.2 Å². The molecule has 1 fully saturated rings. The summed E-state index contributed by atoms with van der Waals surface area (Å²) in [5.41, 5.74) is 1.79. The molecule has 1 saturated heterocycles. The summed E-state index contributed by atoms with van der Waals surface area (Å²) >= 11 is 0. The van der Waals surface area contributed by atoms with Crippen molar-refractivity contribution in [3.63, 3.8) is 0 Å². The molecule has 3 aromatic rings. The van der Waals surface area contributed by atoms with Crippen LogP contribution in [0.3, 0.4) is 0 Å². The third-order valence-electron chi connectivity index (χ3n) is 16.6. The zero-order valence-electron chi connectivity index (χ0n) is 52.2. The monoisotopic (exact) mass is 1120 g/mol. The Morgan fingerprint density at radius 2 is 0.444 bits per heavy atom. The largest absolute Gasteiger partial charge is 0.494 e. The summed E-state index contributed by atoms with van der Waals surface area (Å²) in [6.07, 6.45) is 48.9. The van der Waals surface area contributed by atoms with Crippen molar-refractivity contribution >= 4 is 17.1 Å². The summed E-state index contributed by atoms with van der Waals surface area (Å²) in [6.45, 7) is 12.6. The molecule has 0 N–H and O–H groups in total. The number of rotatable bonds is 45. The summed E-state index contributed by atoms with van der Waals surface area (Å²) < 4.78 is 18.7. The van der Waals surface area contributed by atoms with Crippen molar-refractivity contribution in [3.05, 3.63) is 103 Å². The normalized spacial score (nSPS) is 13.4. The first-order chi connectivity index (χ1) is 39.9. The van der Waals surface area contributed by atoms with E-state index in [2.05, 4.69) is 35.5 Å². The molecule has 0 saturated carbocycles. The Kier molecular flexibility index (Phi) is 39.9. The molecule has 1 aliphatic rings. The quantitative estimate of drug-likeness (QED) is 0.0513. The van der Waals surface area contributed by atoms with E-state index < -0.39 is 0 Å². The molecule has 9 heteroatoms. The van der Waals surface area contributed by atoms with Crippen LogP contribution in [0.4, 0.5) is 17.1 Å². The predicted octanol–water partition coefficient (Wildman–Crippen LogP) is 19.0. The molecule has 0 bridgehead atoms. The topological polar surface area (TPSA) is 88.6 Å². The Morgan fingerprint density at radius 3 is 0.654 bits per heavy atom. The minimum atomic E-state index is -0.0445. The Hall–Kier alpha value is -4.53. The Bertz CT molecular complexity index is 1950. The van der Waals surface area contributed by atoms with Crippen molar-refractivity contribution in [2.24, 2.45) is 0 Å². The fourth-order valence-corrected chi connectivity index (χ4v) is 11.5. The molecule has 4 rings (SSSR count). The van der Waals surface area contributed by atoms with E-state index in [1.165, 1.54) is 193 Å². The van der Waals surface area contributed by atoms with Crippen LogP contribution in [0.5, 0.6) is 17.2 Å². The predicted molar refractivity (Wildman–Crippen MR) is 348 cm³/mol. The highest BCUT2D eigenvalue weighted by molar-refractivity contribution is 5.50. The van der Waals surface area contributed by atoms with Crippen LogP contribution in [0.1, 0.15) is 271 Å². The molecule has 0 aliphatic carbocycles. The summed E-state index contributed by atoms with van der Waals surface area (Å²) in [5.74, 6) is 2.13. The van der Waals surface area contributed by atoms with E-state index in [9.17, 15) is 14.4 Å². The maximum Gasteiger partial charge on any atom is 0.201 e. The first kappa shape index (κ1) is 69.0. The molecule has 0 unspecified atom stereocenters. The van der Waals surface area contributed by atoms with Gasteiger partial charge in [-0.3, -0.25) is 14.4 Å². The Labute approximate surface area is 494 Å². The minimum Gasteiger partial charge on any atom is -0.494 e. The second-order valence-electron chi connectivity index (χ2n) is 23.7. The molecule has 9 nitrogen and oxygen atoms in total. The molecular formula is C72H117N3O6. The molecule has 0 atom stereocenters. The first-order valence-electron chi connectivity index (χ1n) is 34.0. The fourth-order valence-electron chi connectivity index (χ4n) is 11.5. The average Bonchev–Trinajstić information content (AvgIpc) is 3.96. The molecule has 0 spiro atoms. The van der Waals surface area contributed by atoms with Gasteiger partial charge in [-0.2, -0.15) is 0 Å². The van der Waals surface area contributed by atoms with E-state index >= 15 is 0 Å². The zero-order chi connectivity index (χ0) is 57.5. The van der Waals surface area contributed by atoms with E-state index in [1.54, 1.807) is 18.2 Å². The highest BCUT2D eigenvalue weighted by Gasteiger charge is 2.18. The number of unbranched alkanes of at least 4 members (excludes halogenated alkanes) is 33. The SMILES string of the molecule is CCCCCCCCCCCCCCOc1ccc(N2CCCN(c3ccc(OCCCCCCCCCCCCCC)ccc3=O)CCCN(c3ccc(OCCCCCCCCCCCCCC)ccc3=O)CCC2)c(=O)cc1. The smallest absolute Gasteiger partial charge is 0.201 e. The van der Waals surface area contributed by atoms with Gasteiger partial charge in [0.05, 0.1) is 36.9 Å². The second-order valence-corrected chi connectivity index (χ2v) is 23.7. The lowest BCUT2D eigenvalue weighted by molar-refractivity contribution is 0.304. The molecular weight excluding hydrogens is 1000 g/mol. The minimum absolute atomic E-state index is 0.0445. The highest BCUT2D eigenvalue weighted by Crippen LogP contribution is 2.22. The van der Waals surface area contributed by atoms with E-state index in [0.29, 0.717) is 93.4 Å². The second kappa shape index (κ2) is 46.9. The van der Waals surface area contributed by atoms with Crippen LogP contribution in [-0.4, -0.2) is 59.1 Å². The van der Waals surface area contributed by atoms with Crippen molar-refractivity contribution < 1.29 is 14.2 Å². The zero-order valence-corrected chi connectivity index (χ0v) is 52.2. The van der Waals surface area contributed by atoms with Gasteiger partial charge in [-0.05, 0) is 111 Å². The van der Waals surface area contributed by atoms with Crippen LogP contribution < -0.4 is 45.2 Å². The maximum atomic E-state index is 13.9. The number of hydrogen-bond donors (Lipinski definition) is 0. The molecule has 0 radical (unpaired) electrons. The van der Waals surface area contributed by atoms with Gasteiger partial charge in [0.1, 0.15) is 17.2 Å². The average molecular weight is 1120 g/mol. The van der Waals surface area contributed by atoms with Gasteiger partial charge >= 0.3 is 0 Å². The van der Waals surface area contributed by atoms with Crippen LogP contribution >= 0.6 is 0 Å². The van der Waals surface area contributed by atoms with Gasteiger partial charge in [-0.25, -0.2) is 0 Å². The van der Waals surface area contributed by atoms with Gasteiger partial charge in [0.25, 0.3) is 0 Å². The molecule has 0 aromatic heterocycles. The summed E-state index contributed by atoms with van der Waals surface area (Å²) in [6, 6.07) is 22.0. The Morgan fingerprint density at radius 1 is 0.259 bits per heavy atom. The number of hydrogen-bond acceptors (Lipinski definition) is 9. The number of ether oxygens (including phenoxy) is 3. The van der Waals surface area contributed by atoms with Crippen LogP contribution in [0.2, 0.25) is 0 Å². The summed E-state index contributed by atoms with van der Waals surface area (Å²) in [5, 5.41) is 0. The number of nitrogens with zero attached hydrogens (tertiary/aromatic N) is 3. The molecule has 3 aromatic carbocycles. The summed E-state index contributed by atoms with van der Waals surface area (Å²) in [7, 11) is 0. The van der Waals surface area contributed by atoms with Gasteiger partial charge in [-0.15, -0.1) is 0 Å².